The van der Waals surface area contributed by atoms with Gasteiger partial charge >= 0.3 is 5.97 Å². The maximum atomic E-state index is 14.7. The molecular weight excluding hydrogens is 865 g/mol. The number of carbonyl (C=O) groups is 6. The van der Waals surface area contributed by atoms with Crippen LogP contribution in [0.1, 0.15) is 113 Å². The van der Waals surface area contributed by atoms with Gasteiger partial charge in [-0.1, -0.05) is 73.9 Å². The summed E-state index contributed by atoms with van der Waals surface area (Å²) in [4.78, 5) is 87.4. The van der Waals surface area contributed by atoms with Crippen molar-refractivity contribution in [1.29, 1.82) is 0 Å². The SMILES string of the molecule is CC[C@H](C)[C@H]1NC(O)[C@@H](NC(=O)[C@@H](CC(C)C)NC)[C@@H](C)OC(O)[C@H](Cc2ccc(OC)cc2)N(C)C(=O)[C@@H]2CCCN2C(=O)[C@H](CC(C)C)NC(=O)[C@@H](C)C(=O)[C@H](C(C)C)OC(=O)C[C@@H]1O. The molecule has 18 heteroatoms. The molecule has 380 valence electrons. The molecule has 2 unspecified atom stereocenters. The second-order valence-corrected chi connectivity index (χ2v) is 19.8. The first-order valence-electron chi connectivity index (χ1n) is 24.1. The molecule has 0 bridgehead atoms. The molecule has 0 aromatic heterocycles. The summed E-state index contributed by atoms with van der Waals surface area (Å²) in [6.45, 7) is 17.8. The molecule has 2 aliphatic heterocycles. The van der Waals surface area contributed by atoms with Crippen molar-refractivity contribution in [3.8, 4) is 5.75 Å². The van der Waals surface area contributed by atoms with Crippen molar-refractivity contribution < 1.29 is 58.3 Å². The number of hydrogen-bond acceptors (Lipinski definition) is 14. The van der Waals surface area contributed by atoms with Crippen LogP contribution in [0.25, 0.3) is 0 Å². The van der Waals surface area contributed by atoms with Gasteiger partial charge in [-0.05, 0) is 94.4 Å². The van der Waals surface area contributed by atoms with Crippen molar-refractivity contribution in [1.82, 2.24) is 31.1 Å². The molecule has 2 aliphatic rings. The van der Waals surface area contributed by atoms with Gasteiger partial charge in [-0.3, -0.25) is 34.1 Å². The Labute approximate surface area is 398 Å². The Balaban J connectivity index is 2.23. The Morgan fingerprint density at radius 1 is 0.955 bits per heavy atom. The Hall–Kier alpha value is -4.20. The van der Waals surface area contributed by atoms with Crippen molar-refractivity contribution in [3.05, 3.63) is 29.8 Å². The van der Waals surface area contributed by atoms with E-state index in [2.05, 4.69) is 21.3 Å². The number of cyclic esters (lactones) is 1. The van der Waals surface area contributed by atoms with Crippen LogP contribution in [-0.2, 0) is 44.7 Å². The second-order valence-electron chi connectivity index (χ2n) is 19.8. The number of fused-ring (bicyclic) bond motifs is 1. The van der Waals surface area contributed by atoms with Gasteiger partial charge < -0.3 is 55.3 Å². The number of nitrogens with zero attached hydrogens (tertiary/aromatic N) is 2. The molecule has 13 atom stereocenters. The largest absolute Gasteiger partial charge is 0.497 e. The van der Waals surface area contributed by atoms with Crippen LogP contribution in [0.4, 0.5) is 0 Å². The van der Waals surface area contributed by atoms with E-state index in [4.69, 9.17) is 14.2 Å². The highest BCUT2D eigenvalue weighted by Gasteiger charge is 2.44. The van der Waals surface area contributed by atoms with Crippen LogP contribution < -0.4 is 26.0 Å². The molecule has 2 saturated heterocycles. The number of methoxy groups -OCH3 is 1. The van der Waals surface area contributed by atoms with E-state index < -0.39 is 121 Å². The van der Waals surface area contributed by atoms with Crippen LogP contribution in [-0.4, -0.2) is 155 Å². The van der Waals surface area contributed by atoms with E-state index in [0.717, 1.165) is 0 Å². The van der Waals surface area contributed by atoms with Crippen LogP contribution in [0.15, 0.2) is 24.3 Å². The third kappa shape index (κ3) is 15.9. The van der Waals surface area contributed by atoms with Gasteiger partial charge in [-0.2, -0.15) is 0 Å². The van der Waals surface area contributed by atoms with E-state index in [1.165, 1.54) is 30.9 Å². The fraction of sp³-hybridized carbons (Fsp3) is 0.755. The van der Waals surface area contributed by atoms with E-state index in [-0.39, 0.29) is 37.1 Å². The van der Waals surface area contributed by atoms with Gasteiger partial charge in [-0.25, -0.2) is 0 Å². The van der Waals surface area contributed by atoms with Gasteiger partial charge in [0.25, 0.3) is 0 Å². The average molecular weight is 947 g/mol. The predicted octanol–water partition coefficient (Wildman–Crippen LogP) is 2.29. The van der Waals surface area contributed by atoms with E-state index in [9.17, 15) is 44.1 Å². The number of ketones is 1. The van der Waals surface area contributed by atoms with Crippen molar-refractivity contribution in [3.63, 3.8) is 0 Å². The Bertz CT molecular complexity index is 1780. The van der Waals surface area contributed by atoms with Gasteiger partial charge in [0.15, 0.2) is 18.2 Å². The van der Waals surface area contributed by atoms with Gasteiger partial charge in [0.2, 0.25) is 23.6 Å². The highest BCUT2D eigenvalue weighted by atomic mass is 16.6. The fourth-order valence-corrected chi connectivity index (χ4v) is 8.84. The first-order valence-corrected chi connectivity index (χ1v) is 24.1. The number of aliphatic hydroxyl groups is 3. The molecule has 0 spiro atoms. The number of esters is 1. The zero-order valence-corrected chi connectivity index (χ0v) is 42.1. The predicted molar refractivity (Wildman–Crippen MR) is 252 cm³/mol. The molecular formula is C49H82N6O12. The van der Waals surface area contributed by atoms with Crippen LogP contribution in [0, 0.1) is 29.6 Å². The molecule has 67 heavy (non-hydrogen) atoms. The topological polar surface area (TPSA) is 245 Å². The normalized spacial score (nSPS) is 30.3. The van der Waals surface area contributed by atoms with Crippen molar-refractivity contribution in [2.24, 2.45) is 29.6 Å². The monoisotopic (exact) mass is 947 g/mol. The highest BCUT2D eigenvalue weighted by molar-refractivity contribution is 6.05. The molecule has 4 amide bonds. The van der Waals surface area contributed by atoms with Crippen LogP contribution >= 0.6 is 0 Å². The van der Waals surface area contributed by atoms with Crippen LogP contribution in [0.3, 0.4) is 0 Å². The maximum Gasteiger partial charge on any atom is 0.309 e. The Kier molecular flexibility index (Phi) is 22.6. The summed E-state index contributed by atoms with van der Waals surface area (Å²) in [5, 5.41) is 47.6. The zero-order valence-electron chi connectivity index (χ0n) is 42.1. The Morgan fingerprint density at radius 3 is 2.15 bits per heavy atom. The van der Waals surface area contributed by atoms with Crippen LogP contribution in [0.5, 0.6) is 5.75 Å². The summed E-state index contributed by atoms with van der Waals surface area (Å²) in [6.07, 6.45) is -5.99. The third-order valence-corrected chi connectivity index (χ3v) is 13.2. The summed E-state index contributed by atoms with van der Waals surface area (Å²) in [7, 11) is 4.70. The zero-order chi connectivity index (χ0) is 50.4. The Morgan fingerprint density at radius 2 is 1.60 bits per heavy atom. The van der Waals surface area contributed by atoms with Crippen molar-refractivity contribution in [2.75, 3.05) is 27.7 Å². The number of rotatable bonds is 13. The van der Waals surface area contributed by atoms with Gasteiger partial charge in [0.05, 0.1) is 49.8 Å². The minimum Gasteiger partial charge on any atom is -0.497 e. The lowest BCUT2D eigenvalue weighted by molar-refractivity contribution is -0.187. The number of nitrogens with one attached hydrogen (secondary N) is 4. The number of Topliss-reactive ketones (excluding diaryl/α,β-unsaturated/α-hetero) is 1. The molecule has 1 aromatic rings. The highest BCUT2D eigenvalue weighted by Crippen LogP contribution is 2.27. The van der Waals surface area contributed by atoms with E-state index in [0.29, 0.717) is 37.0 Å². The molecule has 2 heterocycles. The first-order chi connectivity index (χ1) is 31.4. The second kappa shape index (κ2) is 26.5. The van der Waals surface area contributed by atoms with Gasteiger partial charge in [0.1, 0.15) is 24.1 Å². The third-order valence-electron chi connectivity index (χ3n) is 13.2. The molecule has 0 saturated carbocycles. The molecule has 1 aromatic carbocycles. The number of carbonyl (C=O) groups excluding carboxylic acids is 6. The molecule has 7 N–H and O–H groups in total. The quantitative estimate of drug-likeness (QED) is 0.111. The van der Waals surface area contributed by atoms with E-state index >= 15 is 0 Å². The number of hydrogen-bond donors (Lipinski definition) is 7. The number of likely N-dealkylation sites (N-methyl/N-ethyl adjacent to an activating group) is 2. The first kappa shape index (κ1) is 57.1. The lowest BCUT2D eigenvalue weighted by Gasteiger charge is -2.39. The minimum absolute atomic E-state index is 0.0720. The van der Waals surface area contributed by atoms with Crippen molar-refractivity contribution in [2.45, 2.75) is 181 Å². The lowest BCUT2D eigenvalue weighted by Crippen LogP contribution is -2.63. The number of benzene rings is 1. The smallest absolute Gasteiger partial charge is 0.309 e. The van der Waals surface area contributed by atoms with E-state index in [1.54, 1.807) is 52.1 Å². The maximum absolute atomic E-state index is 14.7. The summed E-state index contributed by atoms with van der Waals surface area (Å²) >= 11 is 0. The summed E-state index contributed by atoms with van der Waals surface area (Å²) < 4.78 is 17.4. The molecule has 18 nitrogen and oxygen atoms in total. The van der Waals surface area contributed by atoms with Crippen LogP contribution in [0.2, 0.25) is 0 Å². The summed E-state index contributed by atoms with van der Waals surface area (Å²) in [5.74, 6) is -5.49. The molecule has 2 fully saturated rings. The number of ether oxygens (including phenoxy) is 3. The van der Waals surface area contributed by atoms with E-state index in [1.807, 2.05) is 41.5 Å². The fourth-order valence-electron chi connectivity index (χ4n) is 8.84. The van der Waals surface area contributed by atoms with Gasteiger partial charge in [0, 0.05) is 19.6 Å². The molecule has 0 radical (unpaired) electrons. The van der Waals surface area contributed by atoms with Gasteiger partial charge in [-0.15, -0.1) is 0 Å². The summed E-state index contributed by atoms with van der Waals surface area (Å²) in [6, 6.07) is 0.971. The lowest BCUT2D eigenvalue weighted by atomic mass is 9.91. The standard InChI is InChI=1S/C49H82N6O12/c1-14-29(8)40-38(56)25-39(57)67-43(28(6)7)42(58)30(9)44(59)51-35(23-27(4)5)47(62)55-21-15-16-36(55)48(63)54(12)37(24-32-17-19-33(65-13)20-18-32)49(64)66-31(10)41(46(61)52-40)53-45(60)34(50-11)22-26(2)3/h17-20,26-31,34-38,40-41,43,46,49-50,52,56,61,64H,14-16,21-25H2,1-13H3,(H,51,59)(H,53,60)/t29-,30-,31+,34+,35-,36-,37-,38-,40+,41-,43-,46?,49?/m0/s1. The van der Waals surface area contributed by atoms with Crippen molar-refractivity contribution >= 4 is 35.4 Å². The number of amides is 4. The molecule has 3 rings (SSSR count). The minimum atomic E-state index is -1.73. The molecule has 0 aliphatic carbocycles. The number of aliphatic hydroxyl groups excluding tert-OH is 3. The summed E-state index contributed by atoms with van der Waals surface area (Å²) in [5.41, 5.74) is 0.710. The average Bonchev–Trinajstić information content (AvgIpc) is 3.77.